The second-order valence-electron chi connectivity index (χ2n) is 5.12. The van der Waals surface area contributed by atoms with E-state index in [0.29, 0.717) is 12.0 Å². The highest BCUT2D eigenvalue weighted by atomic mass is 19.1. The molecule has 0 aliphatic rings. The number of hydrogen-bond acceptors (Lipinski definition) is 2. The van der Waals surface area contributed by atoms with E-state index in [4.69, 9.17) is 5.73 Å². The largest absolute Gasteiger partial charge is 0.350 e. The highest BCUT2D eigenvalue weighted by Crippen LogP contribution is 2.15. The molecule has 0 bridgehead atoms. The van der Waals surface area contributed by atoms with E-state index in [1.807, 2.05) is 0 Å². The van der Waals surface area contributed by atoms with Gasteiger partial charge in [-0.05, 0) is 44.9 Å². The number of amides is 1. The minimum absolute atomic E-state index is 0.295. The van der Waals surface area contributed by atoms with Crippen molar-refractivity contribution in [2.45, 2.75) is 38.8 Å². The molecule has 100 valence electrons. The van der Waals surface area contributed by atoms with Crippen LogP contribution in [0.1, 0.15) is 26.3 Å². The van der Waals surface area contributed by atoms with Gasteiger partial charge in [0.15, 0.2) is 0 Å². The average molecular weight is 256 g/mol. The van der Waals surface area contributed by atoms with Gasteiger partial charge in [0, 0.05) is 11.6 Å². The maximum absolute atomic E-state index is 13.0. The molecule has 0 spiro atoms. The van der Waals surface area contributed by atoms with Crippen molar-refractivity contribution in [3.8, 4) is 0 Å². The highest BCUT2D eigenvalue weighted by Gasteiger charge is 2.23. The molecular weight excluding hydrogens is 238 g/mol. The molecule has 3 N–H and O–H groups in total. The van der Waals surface area contributed by atoms with Crippen molar-refractivity contribution in [2.75, 3.05) is 0 Å². The predicted octanol–water partition coefficient (Wildman–Crippen LogP) is 1.75. The zero-order chi connectivity index (χ0) is 13.9. The standard InChI is InChI=1S/C13H18F2N2O/c1-8(16)12(18)17-13(2,3)7-9-4-10(14)6-11(15)5-9/h4-6,8H,7,16H2,1-3H3,(H,17,18)/t8-/m1/s1. The van der Waals surface area contributed by atoms with Crippen LogP contribution in [0.2, 0.25) is 0 Å². The van der Waals surface area contributed by atoms with E-state index in [1.54, 1.807) is 20.8 Å². The number of halogens is 2. The van der Waals surface area contributed by atoms with Gasteiger partial charge in [-0.15, -0.1) is 0 Å². The molecule has 0 saturated carbocycles. The van der Waals surface area contributed by atoms with Crippen LogP contribution in [0.25, 0.3) is 0 Å². The van der Waals surface area contributed by atoms with E-state index >= 15 is 0 Å². The number of hydrogen-bond donors (Lipinski definition) is 2. The Bertz CT molecular complexity index is 424. The zero-order valence-corrected chi connectivity index (χ0v) is 10.8. The van der Waals surface area contributed by atoms with E-state index in [-0.39, 0.29) is 5.91 Å². The van der Waals surface area contributed by atoms with Gasteiger partial charge in [-0.2, -0.15) is 0 Å². The van der Waals surface area contributed by atoms with Crippen LogP contribution in [-0.2, 0) is 11.2 Å². The summed E-state index contributed by atoms with van der Waals surface area (Å²) in [6.45, 7) is 5.12. The lowest BCUT2D eigenvalue weighted by Gasteiger charge is -2.27. The van der Waals surface area contributed by atoms with Crippen LogP contribution in [-0.4, -0.2) is 17.5 Å². The van der Waals surface area contributed by atoms with Gasteiger partial charge < -0.3 is 11.1 Å². The number of carbonyl (C=O) groups is 1. The molecule has 1 atom stereocenters. The minimum atomic E-state index is -0.626. The molecular formula is C13H18F2N2O. The Labute approximate surface area is 105 Å². The van der Waals surface area contributed by atoms with Crippen molar-refractivity contribution in [3.05, 3.63) is 35.4 Å². The summed E-state index contributed by atoms with van der Waals surface area (Å²) in [6.07, 6.45) is 0.320. The number of benzene rings is 1. The fourth-order valence-electron chi connectivity index (χ4n) is 1.71. The summed E-state index contributed by atoms with van der Waals surface area (Å²) in [5.74, 6) is -1.55. The van der Waals surface area contributed by atoms with Crippen LogP contribution < -0.4 is 11.1 Å². The third-order valence-electron chi connectivity index (χ3n) is 2.44. The van der Waals surface area contributed by atoms with Crippen LogP contribution in [0, 0.1) is 11.6 Å². The van der Waals surface area contributed by atoms with Crippen LogP contribution in [0.5, 0.6) is 0 Å². The van der Waals surface area contributed by atoms with E-state index in [2.05, 4.69) is 5.32 Å². The Morgan fingerprint density at radius 3 is 2.28 bits per heavy atom. The second kappa shape index (κ2) is 5.44. The molecule has 0 aliphatic heterocycles. The first-order valence-corrected chi connectivity index (χ1v) is 5.72. The van der Waals surface area contributed by atoms with Gasteiger partial charge in [0.2, 0.25) is 5.91 Å². The molecule has 18 heavy (non-hydrogen) atoms. The lowest BCUT2D eigenvalue weighted by Crippen LogP contribution is -2.50. The maximum atomic E-state index is 13.0. The van der Waals surface area contributed by atoms with E-state index in [1.165, 1.54) is 12.1 Å². The summed E-state index contributed by atoms with van der Waals surface area (Å²) in [5, 5.41) is 2.73. The molecule has 1 rings (SSSR count). The molecule has 0 unspecified atom stereocenters. The third kappa shape index (κ3) is 4.41. The topological polar surface area (TPSA) is 55.1 Å². The predicted molar refractivity (Wildman–Crippen MR) is 65.9 cm³/mol. The van der Waals surface area contributed by atoms with Crippen molar-refractivity contribution in [2.24, 2.45) is 5.73 Å². The summed E-state index contributed by atoms with van der Waals surface area (Å²) < 4.78 is 26.1. The zero-order valence-electron chi connectivity index (χ0n) is 10.8. The van der Waals surface area contributed by atoms with E-state index in [9.17, 15) is 13.6 Å². The Hall–Kier alpha value is -1.49. The molecule has 0 radical (unpaired) electrons. The Morgan fingerprint density at radius 2 is 1.83 bits per heavy atom. The lowest BCUT2D eigenvalue weighted by molar-refractivity contribution is -0.123. The van der Waals surface area contributed by atoms with Gasteiger partial charge in [-0.1, -0.05) is 0 Å². The van der Waals surface area contributed by atoms with Gasteiger partial charge in [0.25, 0.3) is 0 Å². The summed E-state index contributed by atoms with van der Waals surface area (Å²) in [5.41, 5.74) is 5.32. The molecule has 5 heteroatoms. The molecule has 1 aromatic rings. The summed E-state index contributed by atoms with van der Waals surface area (Å²) >= 11 is 0. The summed E-state index contributed by atoms with van der Waals surface area (Å²) in [6, 6.07) is 2.71. The van der Waals surface area contributed by atoms with Gasteiger partial charge in [0.1, 0.15) is 11.6 Å². The lowest BCUT2D eigenvalue weighted by atomic mass is 9.94. The van der Waals surface area contributed by atoms with Crippen molar-refractivity contribution in [3.63, 3.8) is 0 Å². The number of rotatable bonds is 4. The maximum Gasteiger partial charge on any atom is 0.237 e. The first-order valence-electron chi connectivity index (χ1n) is 5.72. The fraction of sp³-hybridized carbons (Fsp3) is 0.462. The van der Waals surface area contributed by atoms with Crippen molar-refractivity contribution < 1.29 is 13.6 Å². The Balaban J connectivity index is 2.78. The van der Waals surface area contributed by atoms with Crippen LogP contribution in [0.15, 0.2) is 18.2 Å². The molecule has 0 saturated heterocycles. The smallest absolute Gasteiger partial charge is 0.237 e. The minimum Gasteiger partial charge on any atom is -0.350 e. The van der Waals surface area contributed by atoms with Crippen LogP contribution >= 0.6 is 0 Å². The van der Waals surface area contributed by atoms with E-state index in [0.717, 1.165) is 6.07 Å². The van der Waals surface area contributed by atoms with Crippen LogP contribution in [0.4, 0.5) is 8.78 Å². The Kier molecular flexibility index (Phi) is 4.40. The monoisotopic (exact) mass is 256 g/mol. The van der Waals surface area contributed by atoms with Crippen molar-refractivity contribution in [1.82, 2.24) is 5.32 Å². The highest BCUT2D eigenvalue weighted by molar-refractivity contribution is 5.81. The molecule has 0 heterocycles. The van der Waals surface area contributed by atoms with Crippen molar-refractivity contribution >= 4 is 5.91 Å². The molecule has 1 amide bonds. The van der Waals surface area contributed by atoms with Crippen molar-refractivity contribution in [1.29, 1.82) is 0 Å². The molecule has 1 aromatic carbocycles. The van der Waals surface area contributed by atoms with Crippen LogP contribution in [0.3, 0.4) is 0 Å². The third-order valence-corrected chi connectivity index (χ3v) is 2.44. The first-order chi connectivity index (χ1) is 8.19. The quantitative estimate of drug-likeness (QED) is 0.862. The fourth-order valence-corrected chi connectivity index (χ4v) is 1.71. The molecule has 0 aromatic heterocycles. The molecule has 0 aliphatic carbocycles. The van der Waals surface area contributed by atoms with Gasteiger partial charge in [0.05, 0.1) is 6.04 Å². The summed E-state index contributed by atoms with van der Waals surface area (Å²) in [4.78, 5) is 11.5. The first kappa shape index (κ1) is 14.6. The number of carbonyl (C=O) groups excluding carboxylic acids is 1. The number of nitrogens with one attached hydrogen (secondary N) is 1. The molecule has 3 nitrogen and oxygen atoms in total. The SMILES string of the molecule is C[C@@H](N)C(=O)NC(C)(C)Cc1cc(F)cc(F)c1. The average Bonchev–Trinajstić information content (AvgIpc) is 2.13. The van der Waals surface area contributed by atoms with Gasteiger partial charge >= 0.3 is 0 Å². The number of nitrogens with two attached hydrogens (primary N) is 1. The summed E-state index contributed by atoms with van der Waals surface area (Å²) in [7, 11) is 0. The second-order valence-corrected chi connectivity index (χ2v) is 5.12. The molecule has 0 fully saturated rings. The van der Waals surface area contributed by atoms with Gasteiger partial charge in [-0.3, -0.25) is 4.79 Å². The Morgan fingerprint density at radius 1 is 1.33 bits per heavy atom. The normalized spacial score (nSPS) is 13.2. The van der Waals surface area contributed by atoms with E-state index < -0.39 is 23.2 Å². The van der Waals surface area contributed by atoms with Gasteiger partial charge in [-0.25, -0.2) is 8.78 Å².